The Morgan fingerprint density at radius 2 is 1.52 bits per heavy atom. The molecule has 5 nitrogen and oxygen atoms in total. The fraction of sp³-hybridized carbons (Fsp3) is 0.833. The van der Waals surface area contributed by atoms with Crippen LogP contribution in [0.25, 0.3) is 0 Å². The van der Waals surface area contributed by atoms with E-state index in [1.54, 1.807) is 0 Å². The molecule has 0 N–H and O–H groups in total. The lowest BCUT2D eigenvalue weighted by atomic mass is 10.1. The number of aromatic nitrogens is 2. The minimum absolute atomic E-state index is 0.594. The number of anilines is 1. The van der Waals surface area contributed by atoms with Gasteiger partial charge in [0.2, 0.25) is 5.95 Å². The van der Waals surface area contributed by atoms with E-state index in [2.05, 4.69) is 61.8 Å². The van der Waals surface area contributed by atoms with E-state index in [4.69, 9.17) is 9.97 Å². The van der Waals surface area contributed by atoms with Crippen LogP contribution in [0.3, 0.4) is 0 Å². The van der Waals surface area contributed by atoms with Crippen molar-refractivity contribution in [1.82, 2.24) is 19.8 Å². The maximum atomic E-state index is 4.77. The van der Waals surface area contributed by atoms with Crippen LogP contribution >= 0.6 is 0 Å². The lowest BCUT2D eigenvalue weighted by Gasteiger charge is -2.42. The summed E-state index contributed by atoms with van der Waals surface area (Å²) in [7, 11) is 2.23. The van der Waals surface area contributed by atoms with E-state index in [1.807, 2.05) is 0 Å². The number of hydrogen-bond acceptors (Lipinski definition) is 5. The van der Waals surface area contributed by atoms with Crippen LogP contribution in [0.1, 0.15) is 78.2 Å². The van der Waals surface area contributed by atoms with Gasteiger partial charge in [-0.25, -0.2) is 9.97 Å². The molecule has 0 radical (unpaired) electrons. The highest BCUT2D eigenvalue weighted by Gasteiger charge is 2.41. The van der Waals surface area contributed by atoms with Crippen LogP contribution in [-0.4, -0.2) is 70.6 Å². The molecule has 2 saturated heterocycles. The molecule has 0 aromatic carbocycles. The molecule has 3 heterocycles. The van der Waals surface area contributed by atoms with Crippen molar-refractivity contribution in [2.24, 2.45) is 0 Å². The zero-order valence-corrected chi connectivity index (χ0v) is 19.5. The number of rotatable bonds is 11. The van der Waals surface area contributed by atoms with Gasteiger partial charge < -0.3 is 9.80 Å². The van der Waals surface area contributed by atoms with Crippen molar-refractivity contribution in [3.8, 4) is 0 Å². The summed E-state index contributed by atoms with van der Waals surface area (Å²) in [5, 5.41) is 0. The monoisotopic (exact) mass is 401 g/mol. The lowest BCUT2D eigenvalue weighted by molar-refractivity contribution is 0.176. The first-order chi connectivity index (χ1) is 14.0. The first-order valence-corrected chi connectivity index (χ1v) is 12.0. The second kappa shape index (κ2) is 10.7. The van der Waals surface area contributed by atoms with Crippen molar-refractivity contribution in [2.45, 2.75) is 103 Å². The van der Waals surface area contributed by atoms with E-state index >= 15 is 0 Å². The lowest BCUT2D eigenvalue weighted by Crippen LogP contribution is -2.56. The summed E-state index contributed by atoms with van der Waals surface area (Å²) in [6.07, 6.45) is 14.4. The number of hydrogen-bond donors (Lipinski definition) is 0. The zero-order chi connectivity index (χ0) is 20.8. The van der Waals surface area contributed by atoms with Crippen LogP contribution in [-0.2, 0) is 6.42 Å². The van der Waals surface area contributed by atoms with Crippen LogP contribution in [0, 0.1) is 0 Å². The molecular weight excluding hydrogens is 358 g/mol. The summed E-state index contributed by atoms with van der Waals surface area (Å²) < 4.78 is 0. The molecule has 0 spiro atoms. The van der Waals surface area contributed by atoms with Crippen molar-refractivity contribution >= 4 is 5.95 Å². The topological polar surface area (TPSA) is 35.5 Å². The quantitative estimate of drug-likeness (QED) is 0.515. The Hall–Kier alpha value is -1.20. The fourth-order valence-corrected chi connectivity index (χ4v) is 4.77. The van der Waals surface area contributed by atoms with E-state index in [0.29, 0.717) is 24.2 Å². The first-order valence-electron chi connectivity index (χ1n) is 12.0. The SMILES string of the molecule is CC(C)N(C)CCCCCCCc1cnc(N2C3CCC2CN(C(C)C)C3)nc1. The van der Waals surface area contributed by atoms with Crippen LogP contribution in [0.2, 0.25) is 0 Å². The third-order valence-corrected chi connectivity index (χ3v) is 7.02. The summed E-state index contributed by atoms with van der Waals surface area (Å²) in [6.45, 7) is 12.7. The largest absolute Gasteiger partial charge is 0.332 e. The van der Waals surface area contributed by atoms with Crippen molar-refractivity contribution < 1.29 is 0 Å². The molecule has 2 aliphatic rings. The maximum Gasteiger partial charge on any atom is 0.225 e. The molecule has 1 aromatic heterocycles. The zero-order valence-electron chi connectivity index (χ0n) is 19.5. The van der Waals surface area contributed by atoms with Gasteiger partial charge >= 0.3 is 0 Å². The molecule has 0 aliphatic carbocycles. The van der Waals surface area contributed by atoms with Gasteiger partial charge in [-0.3, -0.25) is 4.90 Å². The minimum Gasteiger partial charge on any atom is -0.332 e. The molecule has 2 unspecified atom stereocenters. The average Bonchev–Trinajstić information content (AvgIpc) is 2.96. The van der Waals surface area contributed by atoms with Crippen LogP contribution in [0.15, 0.2) is 12.4 Å². The molecule has 2 bridgehead atoms. The maximum absolute atomic E-state index is 4.77. The molecule has 2 aliphatic heterocycles. The average molecular weight is 402 g/mol. The smallest absolute Gasteiger partial charge is 0.225 e. The third-order valence-electron chi connectivity index (χ3n) is 7.02. The second-order valence-corrected chi connectivity index (χ2v) is 9.82. The van der Waals surface area contributed by atoms with Gasteiger partial charge in [-0.05, 0) is 79.0 Å². The summed E-state index contributed by atoms with van der Waals surface area (Å²) in [6, 6.07) is 2.49. The Morgan fingerprint density at radius 3 is 2.10 bits per heavy atom. The predicted molar refractivity (Wildman–Crippen MR) is 123 cm³/mol. The fourth-order valence-electron chi connectivity index (χ4n) is 4.77. The van der Waals surface area contributed by atoms with Gasteiger partial charge in [0.1, 0.15) is 0 Å². The highest BCUT2D eigenvalue weighted by atomic mass is 15.4. The van der Waals surface area contributed by atoms with Crippen molar-refractivity contribution in [2.75, 3.05) is 31.6 Å². The van der Waals surface area contributed by atoms with Crippen LogP contribution in [0.5, 0.6) is 0 Å². The molecule has 164 valence electrons. The number of fused-ring (bicyclic) bond motifs is 2. The number of nitrogens with zero attached hydrogens (tertiary/aromatic N) is 5. The normalized spacial score (nSPS) is 22.4. The van der Waals surface area contributed by atoms with Gasteiger partial charge in [0.25, 0.3) is 0 Å². The first kappa shape index (κ1) is 22.5. The molecule has 29 heavy (non-hydrogen) atoms. The molecule has 3 rings (SSSR count). The Bertz CT molecular complexity index is 586. The summed E-state index contributed by atoms with van der Waals surface area (Å²) in [4.78, 5) is 17.1. The Labute approximate surface area is 178 Å². The number of aryl methyl sites for hydroxylation is 1. The molecule has 2 fully saturated rings. The van der Waals surface area contributed by atoms with Gasteiger partial charge in [-0.2, -0.15) is 0 Å². The number of likely N-dealkylation sites (tertiary alicyclic amines) is 1. The molecule has 0 amide bonds. The predicted octanol–water partition coefficient (Wildman–Crippen LogP) is 4.37. The van der Waals surface area contributed by atoms with Gasteiger partial charge in [-0.1, -0.05) is 19.3 Å². The highest BCUT2D eigenvalue weighted by Crippen LogP contribution is 2.33. The molecular formula is C24H43N5. The van der Waals surface area contributed by atoms with Crippen molar-refractivity contribution in [3.63, 3.8) is 0 Å². The van der Waals surface area contributed by atoms with E-state index in [9.17, 15) is 0 Å². The van der Waals surface area contributed by atoms with Gasteiger partial charge in [0.05, 0.1) is 0 Å². The van der Waals surface area contributed by atoms with Crippen LogP contribution in [0.4, 0.5) is 5.95 Å². The van der Waals surface area contributed by atoms with Crippen LogP contribution < -0.4 is 4.90 Å². The second-order valence-electron chi connectivity index (χ2n) is 9.82. The molecule has 0 saturated carbocycles. The Kier molecular flexibility index (Phi) is 8.31. The van der Waals surface area contributed by atoms with E-state index < -0.39 is 0 Å². The minimum atomic E-state index is 0.594. The summed E-state index contributed by atoms with van der Waals surface area (Å²) in [5.74, 6) is 0.957. The Morgan fingerprint density at radius 1 is 0.931 bits per heavy atom. The van der Waals surface area contributed by atoms with E-state index in [1.165, 1.54) is 57.1 Å². The highest BCUT2D eigenvalue weighted by molar-refractivity contribution is 5.37. The van der Waals surface area contributed by atoms with Gasteiger partial charge in [0, 0.05) is 49.7 Å². The van der Waals surface area contributed by atoms with Crippen molar-refractivity contribution in [1.29, 1.82) is 0 Å². The molecule has 1 aromatic rings. The number of unbranched alkanes of at least 4 members (excludes halogenated alkanes) is 4. The van der Waals surface area contributed by atoms with E-state index in [0.717, 1.165) is 25.5 Å². The summed E-state index contributed by atoms with van der Waals surface area (Å²) >= 11 is 0. The Balaban J connectivity index is 1.37. The standard InChI is InChI=1S/C24H43N5/c1-19(2)27(5)14-10-8-6-7-9-11-21-15-25-24(26-16-21)29-22-12-13-23(29)18-28(17-22)20(3)4/h15-16,19-20,22-23H,6-14,17-18H2,1-5H3. The van der Waals surface area contributed by atoms with E-state index in [-0.39, 0.29) is 0 Å². The number of piperazine rings is 1. The third kappa shape index (κ3) is 6.14. The van der Waals surface area contributed by atoms with Gasteiger partial charge in [-0.15, -0.1) is 0 Å². The molecule has 2 atom stereocenters. The van der Waals surface area contributed by atoms with Crippen molar-refractivity contribution in [3.05, 3.63) is 18.0 Å². The van der Waals surface area contributed by atoms with Gasteiger partial charge in [0.15, 0.2) is 0 Å². The molecule has 5 heteroatoms. The summed E-state index contributed by atoms with van der Waals surface area (Å²) in [5.41, 5.74) is 1.29.